The van der Waals surface area contributed by atoms with Crippen molar-refractivity contribution in [2.75, 3.05) is 37.4 Å². The number of nitrogens with zero attached hydrogens (tertiary/aromatic N) is 3. The number of hydrogen-bond donors (Lipinski definition) is 3. The number of nitrogens with one attached hydrogen (secondary N) is 2. The zero-order chi connectivity index (χ0) is 16.7. The number of rotatable bonds is 8. The number of anilines is 2. The van der Waals surface area contributed by atoms with Crippen molar-refractivity contribution >= 4 is 23.4 Å². The van der Waals surface area contributed by atoms with Crippen molar-refractivity contribution < 1.29 is 0 Å². The summed E-state index contributed by atoms with van der Waals surface area (Å²) in [5.41, 5.74) is 7.38. The van der Waals surface area contributed by atoms with Gasteiger partial charge in [0, 0.05) is 24.6 Å². The average Bonchev–Trinajstić information content (AvgIpc) is 2.50. The highest BCUT2D eigenvalue weighted by atomic mass is 32.2. The molecule has 2 rings (SSSR count). The molecule has 0 aromatic carbocycles. The van der Waals surface area contributed by atoms with Crippen LogP contribution in [0, 0.1) is 0 Å². The van der Waals surface area contributed by atoms with E-state index in [9.17, 15) is 4.79 Å². The SMILES string of the molecule is CN(C)Cc1cccc(CSCCNc2ncc(N)c(=O)[nH]2)n1. The van der Waals surface area contributed by atoms with E-state index in [1.54, 1.807) is 11.8 Å². The van der Waals surface area contributed by atoms with E-state index in [0.29, 0.717) is 12.5 Å². The Balaban J connectivity index is 1.73. The van der Waals surface area contributed by atoms with Gasteiger partial charge >= 0.3 is 0 Å². The summed E-state index contributed by atoms with van der Waals surface area (Å²) in [6, 6.07) is 6.13. The summed E-state index contributed by atoms with van der Waals surface area (Å²) in [6.07, 6.45) is 1.36. The maximum atomic E-state index is 11.3. The molecule has 7 nitrogen and oxygen atoms in total. The van der Waals surface area contributed by atoms with Gasteiger partial charge in [-0.15, -0.1) is 0 Å². The average molecular weight is 334 g/mol. The maximum absolute atomic E-state index is 11.3. The molecule has 0 aliphatic carbocycles. The molecule has 0 aliphatic heterocycles. The summed E-state index contributed by atoms with van der Waals surface area (Å²) >= 11 is 1.78. The number of nitrogen functional groups attached to an aromatic ring is 1. The summed E-state index contributed by atoms with van der Waals surface area (Å²) in [5.74, 6) is 2.18. The van der Waals surface area contributed by atoms with Crippen LogP contribution >= 0.6 is 11.8 Å². The molecule has 0 saturated carbocycles. The van der Waals surface area contributed by atoms with E-state index in [1.807, 2.05) is 32.3 Å². The van der Waals surface area contributed by atoms with Gasteiger partial charge in [0.15, 0.2) is 0 Å². The molecule has 124 valence electrons. The third kappa shape index (κ3) is 5.91. The molecule has 0 saturated heterocycles. The molecule has 0 unspecified atom stereocenters. The smallest absolute Gasteiger partial charge is 0.275 e. The fraction of sp³-hybridized carbons (Fsp3) is 0.400. The van der Waals surface area contributed by atoms with Crippen LogP contribution in [0.25, 0.3) is 0 Å². The van der Waals surface area contributed by atoms with Gasteiger partial charge in [0.2, 0.25) is 5.95 Å². The van der Waals surface area contributed by atoms with E-state index < -0.39 is 0 Å². The van der Waals surface area contributed by atoms with E-state index in [1.165, 1.54) is 6.20 Å². The lowest BCUT2D eigenvalue weighted by molar-refractivity contribution is 0.396. The first kappa shape index (κ1) is 17.3. The molecule has 0 fully saturated rings. The molecule has 2 aromatic rings. The number of H-pyrrole nitrogens is 1. The molecular formula is C15H22N6OS. The second-order valence-corrected chi connectivity index (χ2v) is 6.46. The van der Waals surface area contributed by atoms with Gasteiger partial charge in [-0.25, -0.2) is 4.98 Å². The van der Waals surface area contributed by atoms with Crippen molar-refractivity contribution in [3.05, 3.63) is 46.1 Å². The quantitative estimate of drug-likeness (QED) is 0.623. The number of pyridine rings is 1. The van der Waals surface area contributed by atoms with Gasteiger partial charge < -0.3 is 16.0 Å². The fourth-order valence-corrected chi connectivity index (χ4v) is 2.70. The molecule has 0 amide bonds. The molecule has 2 heterocycles. The zero-order valence-electron chi connectivity index (χ0n) is 13.4. The minimum absolute atomic E-state index is 0.119. The van der Waals surface area contributed by atoms with Crippen molar-refractivity contribution in [2.24, 2.45) is 0 Å². The van der Waals surface area contributed by atoms with Crippen molar-refractivity contribution in [1.29, 1.82) is 0 Å². The van der Waals surface area contributed by atoms with Crippen LogP contribution < -0.4 is 16.6 Å². The van der Waals surface area contributed by atoms with Crippen LogP contribution in [-0.2, 0) is 12.3 Å². The highest BCUT2D eigenvalue weighted by Gasteiger charge is 2.01. The van der Waals surface area contributed by atoms with Crippen LogP contribution in [0.15, 0.2) is 29.2 Å². The largest absolute Gasteiger partial charge is 0.393 e. The van der Waals surface area contributed by atoms with Crippen LogP contribution in [0.5, 0.6) is 0 Å². The van der Waals surface area contributed by atoms with Crippen LogP contribution in [0.2, 0.25) is 0 Å². The van der Waals surface area contributed by atoms with Crippen molar-refractivity contribution in [2.45, 2.75) is 12.3 Å². The Hall–Kier alpha value is -2.06. The Morgan fingerprint density at radius 1 is 1.35 bits per heavy atom. The van der Waals surface area contributed by atoms with Crippen molar-refractivity contribution in [3.63, 3.8) is 0 Å². The molecular weight excluding hydrogens is 312 g/mol. The topological polar surface area (TPSA) is 99.9 Å². The van der Waals surface area contributed by atoms with Gasteiger partial charge in [-0.1, -0.05) is 6.07 Å². The molecule has 0 atom stereocenters. The van der Waals surface area contributed by atoms with Gasteiger partial charge in [-0.2, -0.15) is 11.8 Å². The number of hydrogen-bond acceptors (Lipinski definition) is 7. The standard InChI is InChI=1S/C15H22N6OS/c1-21(2)9-11-4-3-5-12(19-11)10-23-7-6-17-15-18-8-13(16)14(22)20-15/h3-5,8H,6-7,9-10,16H2,1-2H3,(H2,17,18,20,22). The van der Waals surface area contributed by atoms with E-state index in [-0.39, 0.29) is 11.2 Å². The van der Waals surface area contributed by atoms with E-state index in [0.717, 1.165) is 29.4 Å². The fourth-order valence-electron chi connectivity index (χ4n) is 1.93. The summed E-state index contributed by atoms with van der Waals surface area (Å²) < 4.78 is 0. The molecule has 4 N–H and O–H groups in total. The maximum Gasteiger partial charge on any atom is 0.275 e. The summed E-state index contributed by atoms with van der Waals surface area (Å²) in [6.45, 7) is 1.55. The molecule has 0 spiro atoms. The lowest BCUT2D eigenvalue weighted by Crippen LogP contribution is -2.17. The van der Waals surface area contributed by atoms with Crippen LogP contribution in [-0.4, -0.2) is 46.2 Å². The zero-order valence-corrected chi connectivity index (χ0v) is 14.2. The first-order valence-corrected chi connectivity index (χ1v) is 8.46. The first-order chi connectivity index (χ1) is 11.0. The highest BCUT2D eigenvalue weighted by Crippen LogP contribution is 2.11. The lowest BCUT2D eigenvalue weighted by atomic mass is 10.3. The molecule has 23 heavy (non-hydrogen) atoms. The van der Waals surface area contributed by atoms with Crippen molar-refractivity contribution in [1.82, 2.24) is 19.9 Å². The first-order valence-electron chi connectivity index (χ1n) is 7.30. The van der Waals surface area contributed by atoms with E-state index in [2.05, 4.69) is 25.2 Å². The monoisotopic (exact) mass is 334 g/mol. The normalized spacial score (nSPS) is 10.9. The minimum Gasteiger partial charge on any atom is -0.393 e. The van der Waals surface area contributed by atoms with Gasteiger partial charge in [0.05, 0.1) is 17.6 Å². The number of nitrogens with two attached hydrogens (primary N) is 1. The van der Waals surface area contributed by atoms with E-state index in [4.69, 9.17) is 5.73 Å². The van der Waals surface area contributed by atoms with Crippen LogP contribution in [0.3, 0.4) is 0 Å². The van der Waals surface area contributed by atoms with E-state index >= 15 is 0 Å². The number of aromatic nitrogens is 3. The molecule has 0 bridgehead atoms. The van der Waals surface area contributed by atoms with Crippen molar-refractivity contribution in [3.8, 4) is 0 Å². The second-order valence-electron chi connectivity index (χ2n) is 5.35. The summed E-state index contributed by atoms with van der Waals surface area (Å²) in [5, 5.41) is 3.07. The predicted octanol–water partition coefficient (Wildman–Crippen LogP) is 1.15. The Labute approximate surface area is 139 Å². The Bertz CT molecular complexity index is 688. The van der Waals surface area contributed by atoms with Crippen LogP contribution in [0.4, 0.5) is 11.6 Å². The molecule has 2 aromatic heterocycles. The van der Waals surface area contributed by atoms with Gasteiger partial charge in [0.25, 0.3) is 5.56 Å². The Morgan fingerprint density at radius 3 is 2.87 bits per heavy atom. The number of aromatic amines is 1. The third-order valence-electron chi connectivity index (χ3n) is 2.96. The molecule has 0 aliphatic rings. The summed E-state index contributed by atoms with van der Waals surface area (Å²) in [7, 11) is 4.06. The minimum atomic E-state index is -0.322. The van der Waals surface area contributed by atoms with Gasteiger partial charge in [-0.3, -0.25) is 14.8 Å². The highest BCUT2D eigenvalue weighted by molar-refractivity contribution is 7.98. The molecule has 0 radical (unpaired) electrons. The molecule has 8 heteroatoms. The third-order valence-corrected chi connectivity index (χ3v) is 3.95. The predicted molar refractivity (Wildman–Crippen MR) is 95.5 cm³/mol. The second kappa shape index (κ2) is 8.54. The van der Waals surface area contributed by atoms with Gasteiger partial charge in [-0.05, 0) is 26.2 Å². The Morgan fingerprint density at radius 2 is 2.13 bits per heavy atom. The van der Waals surface area contributed by atoms with Crippen LogP contribution in [0.1, 0.15) is 11.4 Å². The van der Waals surface area contributed by atoms with Gasteiger partial charge in [0.1, 0.15) is 5.69 Å². The Kier molecular flexibility index (Phi) is 6.42. The number of thioether (sulfide) groups is 1. The lowest BCUT2D eigenvalue weighted by Gasteiger charge is -2.10. The summed E-state index contributed by atoms with van der Waals surface area (Å²) in [4.78, 5) is 24.7.